The molecule has 1 heterocycles. The quantitative estimate of drug-likeness (QED) is 0.864. The SMILES string of the molecule is COc1cc(O)c2c(=O)oc(CC(O)CC(C)=O)cc2c1. The highest BCUT2D eigenvalue weighted by molar-refractivity contribution is 5.88. The lowest BCUT2D eigenvalue weighted by Gasteiger charge is -2.09. The number of carbonyl (C=O) groups excluding carboxylic acids is 1. The van der Waals surface area contributed by atoms with Gasteiger partial charge in [0.15, 0.2) is 0 Å². The maximum absolute atomic E-state index is 11.9. The molecular weight excluding hydrogens is 276 g/mol. The summed E-state index contributed by atoms with van der Waals surface area (Å²) in [5, 5.41) is 20.1. The maximum atomic E-state index is 11.9. The van der Waals surface area contributed by atoms with Gasteiger partial charge in [0.05, 0.1) is 13.2 Å². The van der Waals surface area contributed by atoms with Crippen molar-refractivity contribution >= 4 is 16.6 Å². The van der Waals surface area contributed by atoms with Crippen molar-refractivity contribution in [2.24, 2.45) is 0 Å². The minimum Gasteiger partial charge on any atom is -0.507 e. The number of carbonyl (C=O) groups is 1. The number of ketones is 1. The van der Waals surface area contributed by atoms with Crippen molar-refractivity contribution in [2.45, 2.75) is 25.9 Å². The summed E-state index contributed by atoms with van der Waals surface area (Å²) in [6.45, 7) is 1.38. The first kappa shape index (κ1) is 15.1. The Morgan fingerprint density at radius 3 is 2.71 bits per heavy atom. The number of methoxy groups -OCH3 is 1. The van der Waals surface area contributed by atoms with Gasteiger partial charge in [-0.3, -0.25) is 4.79 Å². The highest BCUT2D eigenvalue weighted by Gasteiger charge is 2.14. The van der Waals surface area contributed by atoms with E-state index in [2.05, 4.69) is 0 Å². The zero-order valence-electron chi connectivity index (χ0n) is 11.8. The van der Waals surface area contributed by atoms with Crippen LogP contribution in [0.3, 0.4) is 0 Å². The Morgan fingerprint density at radius 1 is 1.38 bits per heavy atom. The van der Waals surface area contributed by atoms with Gasteiger partial charge in [-0.05, 0) is 24.4 Å². The third-order valence-electron chi connectivity index (χ3n) is 3.06. The number of phenols is 1. The van der Waals surface area contributed by atoms with E-state index in [1.165, 1.54) is 20.1 Å². The Labute approximate surface area is 120 Å². The molecule has 1 unspecified atom stereocenters. The fraction of sp³-hybridized carbons (Fsp3) is 0.333. The van der Waals surface area contributed by atoms with Gasteiger partial charge in [0.1, 0.15) is 28.4 Å². The zero-order valence-corrected chi connectivity index (χ0v) is 11.8. The monoisotopic (exact) mass is 292 g/mol. The molecule has 2 aromatic rings. The summed E-state index contributed by atoms with van der Waals surface area (Å²) in [5.41, 5.74) is -0.697. The van der Waals surface area contributed by atoms with Gasteiger partial charge in [0.25, 0.3) is 0 Å². The molecule has 0 saturated heterocycles. The number of fused-ring (bicyclic) bond motifs is 1. The molecule has 0 aliphatic heterocycles. The van der Waals surface area contributed by atoms with E-state index in [1.54, 1.807) is 12.1 Å². The molecule has 0 spiro atoms. The molecule has 0 aliphatic rings. The van der Waals surface area contributed by atoms with Crippen LogP contribution in [0.2, 0.25) is 0 Å². The summed E-state index contributed by atoms with van der Waals surface area (Å²) in [6, 6.07) is 4.46. The molecule has 1 aromatic carbocycles. The third kappa shape index (κ3) is 3.41. The zero-order chi connectivity index (χ0) is 15.6. The van der Waals surface area contributed by atoms with Crippen molar-refractivity contribution in [3.05, 3.63) is 34.4 Å². The number of hydrogen-bond acceptors (Lipinski definition) is 6. The normalized spacial score (nSPS) is 12.3. The van der Waals surface area contributed by atoms with Crippen molar-refractivity contribution < 1.29 is 24.2 Å². The molecule has 1 aromatic heterocycles. The van der Waals surface area contributed by atoms with Crippen molar-refractivity contribution in [3.63, 3.8) is 0 Å². The van der Waals surface area contributed by atoms with E-state index < -0.39 is 11.7 Å². The maximum Gasteiger partial charge on any atom is 0.347 e. The number of Topliss-reactive ketones (excluding diaryl/α,β-unsaturated/α-hetero) is 1. The topological polar surface area (TPSA) is 97.0 Å². The van der Waals surface area contributed by atoms with Crippen molar-refractivity contribution in [1.82, 2.24) is 0 Å². The number of rotatable bonds is 5. The summed E-state index contributed by atoms with van der Waals surface area (Å²) < 4.78 is 10.1. The van der Waals surface area contributed by atoms with E-state index >= 15 is 0 Å². The lowest BCUT2D eigenvalue weighted by atomic mass is 10.1. The first-order chi connectivity index (χ1) is 9.90. The molecule has 1 atom stereocenters. The Bertz CT molecular complexity index is 731. The number of benzene rings is 1. The van der Waals surface area contributed by atoms with Gasteiger partial charge in [-0.1, -0.05) is 0 Å². The Balaban J connectivity index is 2.44. The summed E-state index contributed by atoms with van der Waals surface area (Å²) in [4.78, 5) is 22.9. The van der Waals surface area contributed by atoms with Crippen molar-refractivity contribution in [2.75, 3.05) is 7.11 Å². The second-order valence-electron chi connectivity index (χ2n) is 4.88. The predicted octanol–water partition coefficient (Wildman–Crippen LogP) is 1.39. The van der Waals surface area contributed by atoms with Crippen LogP contribution in [0.25, 0.3) is 10.8 Å². The number of aromatic hydroxyl groups is 1. The lowest BCUT2D eigenvalue weighted by Crippen LogP contribution is -2.15. The molecule has 0 radical (unpaired) electrons. The van der Waals surface area contributed by atoms with Gasteiger partial charge < -0.3 is 19.4 Å². The van der Waals surface area contributed by atoms with E-state index in [-0.39, 0.29) is 35.5 Å². The molecule has 2 N–H and O–H groups in total. The predicted molar refractivity (Wildman–Crippen MR) is 75.7 cm³/mol. The summed E-state index contributed by atoms with van der Waals surface area (Å²) in [7, 11) is 1.45. The van der Waals surface area contributed by atoms with Crippen LogP contribution in [0.1, 0.15) is 19.1 Å². The van der Waals surface area contributed by atoms with E-state index in [0.29, 0.717) is 11.1 Å². The number of aliphatic hydroxyl groups excluding tert-OH is 1. The van der Waals surface area contributed by atoms with Crippen LogP contribution in [-0.2, 0) is 11.2 Å². The van der Waals surface area contributed by atoms with Crippen LogP contribution in [0.15, 0.2) is 27.4 Å². The Hall–Kier alpha value is -2.34. The van der Waals surface area contributed by atoms with Gasteiger partial charge in [0.2, 0.25) is 0 Å². The van der Waals surface area contributed by atoms with Crippen molar-refractivity contribution in [3.8, 4) is 11.5 Å². The molecule has 6 heteroatoms. The van der Waals surface area contributed by atoms with Crippen LogP contribution in [0.4, 0.5) is 0 Å². The fourth-order valence-electron chi connectivity index (χ4n) is 2.19. The average molecular weight is 292 g/mol. The molecule has 6 nitrogen and oxygen atoms in total. The number of aliphatic hydroxyl groups is 1. The summed E-state index contributed by atoms with van der Waals surface area (Å²) >= 11 is 0. The Kier molecular flexibility index (Phi) is 4.28. The van der Waals surface area contributed by atoms with Gasteiger partial charge in [-0.25, -0.2) is 4.79 Å². The largest absolute Gasteiger partial charge is 0.507 e. The molecule has 0 fully saturated rings. The van der Waals surface area contributed by atoms with E-state index in [0.717, 1.165) is 0 Å². The van der Waals surface area contributed by atoms with Crippen LogP contribution >= 0.6 is 0 Å². The van der Waals surface area contributed by atoms with Gasteiger partial charge in [-0.2, -0.15) is 0 Å². The number of hydrogen-bond donors (Lipinski definition) is 2. The molecule has 0 aliphatic carbocycles. The molecule has 2 rings (SSSR count). The average Bonchev–Trinajstić information content (AvgIpc) is 2.36. The molecule has 0 amide bonds. The summed E-state index contributed by atoms with van der Waals surface area (Å²) in [6.07, 6.45) is -0.879. The molecule has 112 valence electrons. The van der Waals surface area contributed by atoms with E-state index in [1.807, 2.05) is 0 Å². The van der Waals surface area contributed by atoms with Gasteiger partial charge in [0, 0.05) is 18.9 Å². The van der Waals surface area contributed by atoms with Crippen LogP contribution in [0, 0.1) is 0 Å². The summed E-state index contributed by atoms with van der Waals surface area (Å²) in [5.74, 6) is 0.272. The molecule has 0 saturated carbocycles. The van der Waals surface area contributed by atoms with E-state index in [4.69, 9.17) is 9.15 Å². The molecule has 0 bridgehead atoms. The van der Waals surface area contributed by atoms with Crippen LogP contribution in [0.5, 0.6) is 11.5 Å². The molecular formula is C15H16O6. The first-order valence-electron chi connectivity index (χ1n) is 6.42. The van der Waals surface area contributed by atoms with Crippen LogP contribution in [-0.4, -0.2) is 29.2 Å². The lowest BCUT2D eigenvalue weighted by molar-refractivity contribution is -0.118. The van der Waals surface area contributed by atoms with Gasteiger partial charge >= 0.3 is 5.63 Å². The standard InChI is InChI=1S/C15H16O6/c1-8(16)3-10(17)6-12-5-9-4-11(20-2)7-13(18)14(9)15(19)21-12/h4-5,7,10,17-18H,3,6H2,1-2H3. The van der Waals surface area contributed by atoms with Crippen LogP contribution < -0.4 is 10.4 Å². The number of phenolic OH excluding ortho intramolecular Hbond substituents is 1. The molecule has 21 heavy (non-hydrogen) atoms. The van der Waals surface area contributed by atoms with Crippen molar-refractivity contribution in [1.29, 1.82) is 0 Å². The minimum atomic E-state index is -0.915. The number of ether oxygens (including phenoxy) is 1. The van der Waals surface area contributed by atoms with E-state index in [9.17, 15) is 19.8 Å². The minimum absolute atomic E-state index is 0.00882. The second kappa shape index (κ2) is 5.97. The first-order valence-corrected chi connectivity index (χ1v) is 6.42. The fourth-order valence-corrected chi connectivity index (χ4v) is 2.19. The highest BCUT2D eigenvalue weighted by Crippen LogP contribution is 2.28. The highest BCUT2D eigenvalue weighted by atomic mass is 16.5. The Morgan fingerprint density at radius 2 is 2.10 bits per heavy atom. The second-order valence-corrected chi connectivity index (χ2v) is 4.88. The third-order valence-corrected chi connectivity index (χ3v) is 3.06. The van der Waals surface area contributed by atoms with Gasteiger partial charge in [-0.15, -0.1) is 0 Å². The smallest absolute Gasteiger partial charge is 0.347 e.